The Balaban J connectivity index is 1.31. The average molecular weight is 447 g/mol. The van der Waals surface area contributed by atoms with Crippen molar-refractivity contribution in [3.63, 3.8) is 0 Å². The van der Waals surface area contributed by atoms with E-state index in [9.17, 15) is 4.79 Å². The molecule has 1 saturated carbocycles. The van der Waals surface area contributed by atoms with Crippen LogP contribution in [0.1, 0.15) is 37.5 Å². The normalized spacial score (nSPS) is 14.2. The standard InChI is InChI=1S/C20H23ClN6O2S/c1-26-18(12-29-16-9-5-4-8-15(16)21)24-25-20(26)30-13-19(28)23-17-10-11-22-27(17)14-6-2-3-7-14/h4-5,8-11,14H,2-3,6-7,12-13H2,1H3,(H,23,28). The van der Waals surface area contributed by atoms with Gasteiger partial charge in [-0.1, -0.05) is 48.3 Å². The molecule has 1 aliphatic carbocycles. The van der Waals surface area contributed by atoms with Crippen molar-refractivity contribution in [2.45, 2.75) is 43.5 Å². The lowest BCUT2D eigenvalue weighted by Crippen LogP contribution is -2.19. The molecule has 0 spiro atoms. The molecule has 0 bridgehead atoms. The zero-order valence-electron chi connectivity index (χ0n) is 16.6. The van der Waals surface area contributed by atoms with E-state index in [2.05, 4.69) is 20.6 Å². The predicted octanol–water partition coefficient (Wildman–Crippen LogP) is 4.09. The van der Waals surface area contributed by atoms with Gasteiger partial charge in [0.1, 0.15) is 18.2 Å². The van der Waals surface area contributed by atoms with Crippen LogP contribution in [0.3, 0.4) is 0 Å². The van der Waals surface area contributed by atoms with Crippen LogP contribution in [0.2, 0.25) is 5.02 Å². The number of nitrogens with zero attached hydrogens (tertiary/aromatic N) is 5. The highest BCUT2D eigenvalue weighted by Gasteiger charge is 2.21. The van der Waals surface area contributed by atoms with E-state index in [1.165, 1.54) is 24.6 Å². The van der Waals surface area contributed by atoms with Gasteiger partial charge in [0.05, 0.1) is 23.0 Å². The number of rotatable bonds is 8. The molecular weight excluding hydrogens is 424 g/mol. The predicted molar refractivity (Wildman–Crippen MR) is 116 cm³/mol. The van der Waals surface area contributed by atoms with Crippen LogP contribution >= 0.6 is 23.4 Å². The van der Waals surface area contributed by atoms with E-state index in [4.69, 9.17) is 16.3 Å². The molecule has 0 radical (unpaired) electrons. The van der Waals surface area contributed by atoms with Crippen LogP contribution in [0.25, 0.3) is 0 Å². The molecule has 8 nitrogen and oxygen atoms in total. The quantitative estimate of drug-likeness (QED) is 0.524. The van der Waals surface area contributed by atoms with E-state index in [0.717, 1.165) is 18.7 Å². The minimum absolute atomic E-state index is 0.100. The van der Waals surface area contributed by atoms with Crippen LogP contribution in [-0.2, 0) is 18.4 Å². The zero-order chi connectivity index (χ0) is 20.9. The Labute approximate surface area is 184 Å². The fourth-order valence-electron chi connectivity index (χ4n) is 3.46. The first-order chi connectivity index (χ1) is 14.6. The molecule has 1 amide bonds. The summed E-state index contributed by atoms with van der Waals surface area (Å²) < 4.78 is 9.47. The van der Waals surface area contributed by atoms with Gasteiger partial charge in [0, 0.05) is 13.1 Å². The van der Waals surface area contributed by atoms with Gasteiger partial charge in [0.25, 0.3) is 0 Å². The SMILES string of the molecule is Cn1c(COc2ccccc2Cl)nnc1SCC(=O)Nc1ccnn1C1CCCC1. The summed E-state index contributed by atoms with van der Waals surface area (Å²) in [6.45, 7) is 0.237. The topological polar surface area (TPSA) is 86.9 Å². The molecule has 1 fully saturated rings. The van der Waals surface area contributed by atoms with Gasteiger partial charge in [-0.15, -0.1) is 10.2 Å². The molecule has 30 heavy (non-hydrogen) atoms. The molecule has 2 aromatic heterocycles. The number of thioether (sulfide) groups is 1. The molecule has 0 unspecified atom stereocenters. The number of benzene rings is 1. The van der Waals surface area contributed by atoms with E-state index in [1.54, 1.807) is 18.3 Å². The first-order valence-corrected chi connectivity index (χ1v) is 11.2. The number of halogens is 1. The van der Waals surface area contributed by atoms with Gasteiger partial charge in [0.15, 0.2) is 11.0 Å². The van der Waals surface area contributed by atoms with Crippen molar-refractivity contribution < 1.29 is 9.53 Å². The summed E-state index contributed by atoms with van der Waals surface area (Å²) in [6.07, 6.45) is 6.37. The Hall–Kier alpha value is -2.52. The molecule has 158 valence electrons. The average Bonchev–Trinajstić information content (AvgIpc) is 3.48. The van der Waals surface area contributed by atoms with Crippen molar-refractivity contribution in [1.29, 1.82) is 0 Å². The van der Waals surface area contributed by atoms with Crippen LogP contribution in [-0.4, -0.2) is 36.2 Å². The number of hydrogen-bond donors (Lipinski definition) is 1. The van der Waals surface area contributed by atoms with Crippen molar-refractivity contribution in [3.05, 3.63) is 47.4 Å². The lowest BCUT2D eigenvalue weighted by atomic mass is 10.2. The minimum atomic E-state index is -0.100. The highest BCUT2D eigenvalue weighted by atomic mass is 35.5. The number of ether oxygens (including phenoxy) is 1. The van der Waals surface area contributed by atoms with Gasteiger partial charge in [-0.25, -0.2) is 4.68 Å². The third kappa shape index (κ3) is 4.79. The number of carbonyl (C=O) groups excluding carboxylic acids is 1. The highest BCUT2D eigenvalue weighted by molar-refractivity contribution is 7.99. The minimum Gasteiger partial charge on any atom is -0.484 e. The van der Waals surface area contributed by atoms with Gasteiger partial charge in [0.2, 0.25) is 5.91 Å². The number of anilines is 1. The summed E-state index contributed by atoms with van der Waals surface area (Å²) in [4.78, 5) is 12.4. The third-order valence-electron chi connectivity index (χ3n) is 5.06. The summed E-state index contributed by atoms with van der Waals surface area (Å²) >= 11 is 7.44. The number of amides is 1. The second-order valence-corrected chi connectivity index (χ2v) is 8.46. The lowest BCUT2D eigenvalue weighted by Gasteiger charge is -2.14. The van der Waals surface area contributed by atoms with Gasteiger partial charge in [-0.05, 0) is 25.0 Å². The summed E-state index contributed by atoms with van der Waals surface area (Å²) in [6, 6.07) is 9.49. The number of carbonyl (C=O) groups is 1. The van der Waals surface area contributed by atoms with Crippen molar-refractivity contribution in [3.8, 4) is 5.75 Å². The number of nitrogens with one attached hydrogen (secondary N) is 1. The number of hydrogen-bond acceptors (Lipinski definition) is 6. The maximum Gasteiger partial charge on any atom is 0.235 e. The van der Waals surface area contributed by atoms with E-state index < -0.39 is 0 Å². The molecule has 1 aliphatic rings. The highest BCUT2D eigenvalue weighted by Crippen LogP contribution is 2.31. The third-order valence-corrected chi connectivity index (χ3v) is 6.39. The molecule has 10 heteroatoms. The van der Waals surface area contributed by atoms with Gasteiger partial charge in [-0.2, -0.15) is 5.10 Å². The maximum absolute atomic E-state index is 12.4. The van der Waals surface area contributed by atoms with Crippen molar-refractivity contribution >= 4 is 35.1 Å². The Morgan fingerprint density at radius 2 is 2.07 bits per heavy atom. The fraction of sp³-hybridized carbons (Fsp3) is 0.400. The monoisotopic (exact) mass is 446 g/mol. The Bertz CT molecular complexity index is 1010. The van der Waals surface area contributed by atoms with Gasteiger partial charge < -0.3 is 14.6 Å². The molecule has 0 saturated heterocycles. The van der Waals surface area contributed by atoms with Crippen molar-refractivity contribution in [2.75, 3.05) is 11.1 Å². The fourth-order valence-corrected chi connectivity index (χ4v) is 4.38. The van der Waals surface area contributed by atoms with Crippen LogP contribution in [0.5, 0.6) is 5.75 Å². The van der Waals surface area contributed by atoms with Crippen LogP contribution in [0, 0.1) is 0 Å². The van der Waals surface area contributed by atoms with E-state index in [1.807, 2.05) is 34.5 Å². The molecule has 2 heterocycles. The molecule has 0 atom stereocenters. The molecule has 1 N–H and O–H groups in total. The first-order valence-electron chi connectivity index (χ1n) is 9.83. The van der Waals surface area contributed by atoms with Crippen molar-refractivity contribution in [1.82, 2.24) is 24.5 Å². The summed E-state index contributed by atoms with van der Waals surface area (Å²) in [5.41, 5.74) is 0. The Morgan fingerprint density at radius 3 is 2.87 bits per heavy atom. The molecular formula is C20H23ClN6O2S. The number of aromatic nitrogens is 5. The maximum atomic E-state index is 12.4. The van der Waals surface area contributed by atoms with E-state index >= 15 is 0 Å². The summed E-state index contributed by atoms with van der Waals surface area (Å²) in [5.74, 6) is 2.12. The summed E-state index contributed by atoms with van der Waals surface area (Å²) in [5, 5.41) is 16.9. The molecule has 3 aromatic rings. The second-order valence-electron chi connectivity index (χ2n) is 7.11. The van der Waals surface area contributed by atoms with E-state index in [-0.39, 0.29) is 18.3 Å². The zero-order valence-corrected chi connectivity index (χ0v) is 18.2. The Kier molecular flexibility index (Phi) is 6.59. The molecule has 4 rings (SSSR count). The van der Waals surface area contributed by atoms with E-state index in [0.29, 0.717) is 27.8 Å². The smallest absolute Gasteiger partial charge is 0.235 e. The molecule has 1 aromatic carbocycles. The largest absolute Gasteiger partial charge is 0.484 e. The molecule has 0 aliphatic heterocycles. The van der Waals surface area contributed by atoms with Crippen molar-refractivity contribution in [2.24, 2.45) is 7.05 Å². The van der Waals surface area contributed by atoms with Crippen LogP contribution in [0.4, 0.5) is 5.82 Å². The van der Waals surface area contributed by atoms with Crippen LogP contribution in [0.15, 0.2) is 41.7 Å². The van der Waals surface area contributed by atoms with Gasteiger partial charge in [-0.3, -0.25) is 4.79 Å². The van der Waals surface area contributed by atoms with Crippen LogP contribution < -0.4 is 10.1 Å². The Morgan fingerprint density at radius 1 is 1.27 bits per heavy atom. The first kappa shape index (κ1) is 20.7. The van der Waals surface area contributed by atoms with Gasteiger partial charge >= 0.3 is 0 Å². The lowest BCUT2D eigenvalue weighted by molar-refractivity contribution is -0.113. The number of para-hydroxylation sites is 1. The second kappa shape index (κ2) is 9.53. The summed E-state index contributed by atoms with van der Waals surface area (Å²) in [7, 11) is 1.85.